The summed E-state index contributed by atoms with van der Waals surface area (Å²) in [6, 6.07) is 6.00. The number of carbonyl (C=O) groups excluding carboxylic acids is 1. The van der Waals surface area contributed by atoms with Gasteiger partial charge in [0.1, 0.15) is 5.82 Å². The van der Waals surface area contributed by atoms with Crippen LogP contribution in [0.5, 0.6) is 0 Å². The van der Waals surface area contributed by atoms with Crippen molar-refractivity contribution in [2.24, 2.45) is 7.05 Å². The average Bonchev–Trinajstić information content (AvgIpc) is 3.01. The van der Waals surface area contributed by atoms with Gasteiger partial charge in [0.05, 0.1) is 11.8 Å². The van der Waals surface area contributed by atoms with E-state index in [1.807, 2.05) is 37.2 Å². The van der Waals surface area contributed by atoms with Crippen LogP contribution < -0.4 is 5.32 Å². The predicted molar refractivity (Wildman–Crippen MR) is 84.9 cm³/mol. The third kappa shape index (κ3) is 2.95. The van der Waals surface area contributed by atoms with E-state index in [1.54, 1.807) is 17.1 Å². The molecule has 2 aromatic heterocycles. The van der Waals surface area contributed by atoms with Gasteiger partial charge in [-0.3, -0.25) is 9.48 Å². The summed E-state index contributed by atoms with van der Waals surface area (Å²) in [5.41, 5.74) is 1.70. The number of nitrogens with zero attached hydrogens (tertiary/aromatic N) is 4. The molecule has 1 amide bonds. The van der Waals surface area contributed by atoms with E-state index >= 15 is 0 Å². The van der Waals surface area contributed by atoms with Gasteiger partial charge in [0.2, 0.25) is 0 Å². The van der Waals surface area contributed by atoms with Gasteiger partial charge in [-0.05, 0) is 25.0 Å². The Kier molecular flexibility index (Phi) is 4.09. The second-order valence-electron chi connectivity index (χ2n) is 5.69. The van der Waals surface area contributed by atoms with E-state index in [0.717, 1.165) is 30.9 Å². The summed E-state index contributed by atoms with van der Waals surface area (Å²) in [5, 5.41) is 7.15. The van der Waals surface area contributed by atoms with Gasteiger partial charge in [0.15, 0.2) is 0 Å². The molecule has 0 aromatic carbocycles. The second-order valence-corrected chi connectivity index (χ2v) is 5.69. The van der Waals surface area contributed by atoms with Gasteiger partial charge in [-0.15, -0.1) is 0 Å². The van der Waals surface area contributed by atoms with Crippen molar-refractivity contribution < 1.29 is 4.79 Å². The Bertz CT molecular complexity index is 666. The molecule has 1 fully saturated rings. The van der Waals surface area contributed by atoms with Gasteiger partial charge >= 0.3 is 0 Å². The normalized spacial score (nSPS) is 18.3. The summed E-state index contributed by atoms with van der Waals surface area (Å²) in [7, 11) is 3.69. The topological polar surface area (TPSA) is 63.1 Å². The van der Waals surface area contributed by atoms with Crippen LogP contribution in [0.3, 0.4) is 0 Å². The van der Waals surface area contributed by atoms with Crippen LogP contribution in [0.4, 0.5) is 5.82 Å². The number of piperidine rings is 1. The fourth-order valence-electron chi connectivity index (χ4n) is 2.94. The fourth-order valence-corrected chi connectivity index (χ4v) is 2.94. The first kappa shape index (κ1) is 14.6. The molecule has 6 nitrogen and oxygen atoms in total. The monoisotopic (exact) mass is 299 g/mol. The lowest BCUT2D eigenvalue weighted by atomic mass is 9.94. The molecule has 6 heteroatoms. The minimum Gasteiger partial charge on any atom is -0.373 e. The number of amides is 1. The smallest absolute Gasteiger partial charge is 0.257 e. The Morgan fingerprint density at radius 1 is 1.41 bits per heavy atom. The van der Waals surface area contributed by atoms with E-state index in [0.29, 0.717) is 18.0 Å². The Morgan fingerprint density at radius 3 is 3.00 bits per heavy atom. The maximum absolute atomic E-state index is 12.6. The van der Waals surface area contributed by atoms with Gasteiger partial charge in [0, 0.05) is 45.0 Å². The van der Waals surface area contributed by atoms with Crippen molar-refractivity contribution in [1.29, 1.82) is 0 Å². The summed E-state index contributed by atoms with van der Waals surface area (Å²) in [6.45, 7) is 1.52. The van der Waals surface area contributed by atoms with E-state index in [9.17, 15) is 4.79 Å². The van der Waals surface area contributed by atoms with E-state index < -0.39 is 0 Å². The molecule has 116 valence electrons. The Labute approximate surface area is 130 Å². The quantitative estimate of drug-likeness (QED) is 0.940. The summed E-state index contributed by atoms with van der Waals surface area (Å²) in [5.74, 6) is 1.22. The molecular formula is C16H21N5O. The molecule has 0 radical (unpaired) electrons. The third-order valence-electron chi connectivity index (χ3n) is 4.11. The van der Waals surface area contributed by atoms with E-state index in [4.69, 9.17) is 0 Å². The molecule has 3 rings (SSSR count). The molecule has 1 atom stereocenters. The Morgan fingerprint density at radius 2 is 2.27 bits per heavy atom. The largest absolute Gasteiger partial charge is 0.373 e. The van der Waals surface area contributed by atoms with E-state index in [1.165, 1.54) is 0 Å². The number of pyridine rings is 1. The predicted octanol–water partition coefficient (Wildman–Crippen LogP) is 1.88. The van der Waals surface area contributed by atoms with Gasteiger partial charge in [-0.1, -0.05) is 6.07 Å². The van der Waals surface area contributed by atoms with Crippen LogP contribution in [0.2, 0.25) is 0 Å². The van der Waals surface area contributed by atoms with Crippen molar-refractivity contribution in [3.8, 4) is 0 Å². The average molecular weight is 299 g/mol. The summed E-state index contributed by atoms with van der Waals surface area (Å²) in [4.78, 5) is 19.1. The van der Waals surface area contributed by atoms with Crippen molar-refractivity contribution in [3.05, 3.63) is 41.9 Å². The zero-order valence-corrected chi connectivity index (χ0v) is 13.0. The zero-order chi connectivity index (χ0) is 15.5. The molecule has 1 aliphatic heterocycles. The number of likely N-dealkylation sites (tertiary alicyclic amines) is 1. The summed E-state index contributed by atoms with van der Waals surface area (Å²) in [6.07, 6.45) is 5.47. The molecule has 1 saturated heterocycles. The number of rotatable bonds is 3. The number of nitrogens with one attached hydrogen (secondary N) is 1. The van der Waals surface area contributed by atoms with Gasteiger partial charge in [-0.2, -0.15) is 5.10 Å². The first-order chi connectivity index (χ1) is 10.7. The second kappa shape index (κ2) is 6.17. The summed E-state index contributed by atoms with van der Waals surface area (Å²) < 4.78 is 1.66. The SMILES string of the molecule is CNc1cccc([C@H]2CCCN(C(=O)c3cnn(C)c3)C2)n1. The number of aryl methyl sites for hydroxylation is 1. The van der Waals surface area contributed by atoms with Crippen molar-refractivity contribution in [3.63, 3.8) is 0 Å². The number of hydrogen-bond donors (Lipinski definition) is 1. The van der Waals surface area contributed by atoms with Crippen molar-refractivity contribution in [2.75, 3.05) is 25.5 Å². The molecular weight excluding hydrogens is 278 g/mol. The molecule has 0 bridgehead atoms. The highest BCUT2D eigenvalue weighted by atomic mass is 16.2. The van der Waals surface area contributed by atoms with Crippen LogP contribution in [0.25, 0.3) is 0 Å². The highest BCUT2D eigenvalue weighted by molar-refractivity contribution is 5.93. The Hall–Kier alpha value is -2.37. The zero-order valence-electron chi connectivity index (χ0n) is 13.0. The lowest BCUT2D eigenvalue weighted by molar-refractivity contribution is 0.0706. The molecule has 1 aliphatic rings. The van der Waals surface area contributed by atoms with Crippen LogP contribution in [0.1, 0.15) is 34.8 Å². The molecule has 0 unspecified atom stereocenters. The molecule has 22 heavy (non-hydrogen) atoms. The highest BCUT2D eigenvalue weighted by Gasteiger charge is 2.26. The highest BCUT2D eigenvalue weighted by Crippen LogP contribution is 2.27. The number of aromatic nitrogens is 3. The fraction of sp³-hybridized carbons (Fsp3) is 0.438. The van der Waals surface area contributed by atoms with Crippen LogP contribution in [-0.2, 0) is 7.05 Å². The van der Waals surface area contributed by atoms with Crippen molar-refractivity contribution in [2.45, 2.75) is 18.8 Å². The third-order valence-corrected chi connectivity index (χ3v) is 4.11. The molecule has 0 aliphatic carbocycles. The molecule has 1 N–H and O–H groups in total. The number of carbonyl (C=O) groups is 1. The van der Waals surface area contributed by atoms with Crippen molar-refractivity contribution >= 4 is 11.7 Å². The lowest BCUT2D eigenvalue weighted by Crippen LogP contribution is -2.39. The van der Waals surface area contributed by atoms with Crippen LogP contribution in [0.15, 0.2) is 30.6 Å². The minimum atomic E-state index is 0.0579. The van der Waals surface area contributed by atoms with Crippen LogP contribution in [-0.4, -0.2) is 45.7 Å². The Balaban J connectivity index is 1.75. The molecule has 0 saturated carbocycles. The van der Waals surface area contributed by atoms with Crippen LogP contribution >= 0.6 is 0 Å². The molecule has 0 spiro atoms. The van der Waals surface area contributed by atoms with E-state index in [-0.39, 0.29) is 5.91 Å². The number of anilines is 1. The standard InChI is InChI=1S/C16H21N5O/c1-17-15-7-3-6-14(19-15)12-5-4-8-21(11-12)16(22)13-9-18-20(2)10-13/h3,6-7,9-10,12H,4-5,8,11H2,1-2H3,(H,17,19)/t12-/m0/s1. The van der Waals surface area contributed by atoms with Crippen molar-refractivity contribution in [1.82, 2.24) is 19.7 Å². The van der Waals surface area contributed by atoms with Gasteiger partial charge < -0.3 is 10.2 Å². The van der Waals surface area contributed by atoms with Gasteiger partial charge in [-0.25, -0.2) is 4.98 Å². The maximum Gasteiger partial charge on any atom is 0.257 e. The van der Waals surface area contributed by atoms with Crippen LogP contribution in [0, 0.1) is 0 Å². The van der Waals surface area contributed by atoms with Gasteiger partial charge in [0.25, 0.3) is 5.91 Å². The minimum absolute atomic E-state index is 0.0579. The lowest BCUT2D eigenvalue weighted by Gasteiger charge is -2.32. The molecule has 2 aromatic rings. The van der Waals surface area contributed by atoms with E-state index in [2.05, 4.69) is 15.4 Å². The number of hydrogen-bond acceptors (Lipinski definition) is 4. The first-order valence-electron chi connectivity index (χ1n) is 7.60. The maximum atomic E-state index is 12.6. The first-order valence-corrected chi connectivity index (χ1v) is 7.60. The summed E-state index contributed by atoms with van der Waals surface area (Å²) >= 11 is 0. The molecule has 3 heterocycles.